The Balaban J connectivity index is 2.06. The third-order valence-corrected chi connectivity index (χ3v) is 6.36. The zero-order valence-electron chi connectivity index (χ0n) is 19.7. The molecule has 0 aliphatic carbocycles. The van der Waals surface area contributed by atoms with Crippen molar-refractivity contribution in [3.8, 4) is 0 Å². The highest BCUT2D eigenvalue weighted by Crippen LogP contribution is 2.27. The molecule has 1 amide bonds. The summed E-state index contributed by atoms with van der Waals surface area (Å²) in [6.07, 6.45) is 0. The summed E-state index contributed by atoms with van der Waals surface area (Å²) in [6, 6.07) is 11.4. The maximum Gasteiger partial charge on any atom is 0.354 e. The van der Waals surface area contributed by atoms with E-state index in [1.807, 2.05) is 0 Å². The van der Waals surface area contributed by atoms with Crippen molar-refractivity contribution in [3.63, 3.8) is 0 Å². The highest BCUT2D eigenvalue weighted by molar-refractivity contribution is 6.33. The van der Waals surface area contributed by atoms with Gasteiger partial charge in [-0.05, 0) is 56.2 Å². The van der Waals surface area contributed by atoms with Gasteiger partial charge in [-0.2, -0.15) is 0 Å². The summed E-state index contributed by atoms with van der Waals surface area (Å²) < 4.78 is 19.9. The number of hydrogen-bond acceptors (Lipinski definition) is 4. The molecule has 3 aromatic rings. The number of carbonyl (C=O) groups is 3. The molecule has 0 aliphatic heterocycles. The lowest BCUT2D eigenvalue weighted by molar-refractivity contribution is 0.0587. The number of ketones is 1. The molecule has 1 heterocycles. The first-order chi connectivity index (χ1) is 16.1. The summed E-state index contributed by atoms with van der Waals surface area (Å²) in [5.41, 5.74) is 2.60. The van der Waals surface area contributed by atoms with Gasteiger partial charge in [0.25, 0.3) is 5.91 Å². The minimum atomic E-state index is -0.904. The molecule has 34 heavy (non-hydrogen) atoms. The van der Waals surface area contributed by atoms with E-state index < -0.39 is 23.7 Å². The molecule has 1 atom stereocenters. The lowest BCUT2D eigenvalue weighted by Gasteiger charge is -2.29. The van der Waals surface area contributed by atoms with Crippen molar-refractivity contribution < 1.29 is 23.5 Å². The van der Waals surface area contributed by atoms with E-state index in [1.54, 1.807) is 68.8 Å². The number of carbonyl (C=O) groups excluding carboxylic acids is 3. The van der Waals surface area contributed by atoms with Crippen LogP contribution in [0.5, 0.6) is 0 Å². The van der Waals surface area contributed by atoms with Crippen LogP contribution in [0.1, 0.15) is 54.9 Å². The summed E-state index contributed by atoms with van der Waals surface area (Å²) in [5, 5.41) is 0.260. The first-order valence-electron chi connectivity index (χ1n) is 10.7. The van der Waals surface area contributed by atoms with E-state index >= 15 is 0 Å². The van der Waals surface area contributed by atoms with Crippen LogP contribution in [-0.2, 0) is 18.3 Å². The second-order valence-electron chi connectivity index (χ2n) is 8.06. The molecule has 6 nitrogen and oxygen atoms in total. The topological polar surface area (TPSA) is 68.6 Å². The summed E-state index contributed by atoms with van der Waals surface area (Å²) in [4.78, 5) is 40.9. The minimum absolute atomic E-state index is 0.0615. The first-order valence-corrected chi connectivity index (χ1v) is 11.0. The third kappa shape index (κ3) is 4.75. The van der Waals surface area contributed by atoms with E-state index in [1.165, 1.54) is 24.1 Å². The molecule has 0 spiro atoms. The maximum absolute atomic E-state index is 13.7. The highest BCUT2D eigenvalue weighted by atomic mass is 35.5. The van der Waals surface area contributed by atoms with Crippen LogP contribution in [0.25, 0.3) is 0 Å². The molecule has 1 unspecified atom stereocenters. The van der Waals surface area contributed by atoms with Gasteiger partial charge in [0.2, 0.25) is 0 Å². The smallest absolute Gasteiger partial charge is 0.354 e. The average Bonchev–Trinajstić information content (AvgIpc) is 3.05. The van der Waals surface area contributed by atoms with Gasteiger partial charge in [-0.3, -0.25) is 9.59 Å². The number of hydrogen-bond donors (Lipinski definition) is 0. The van der Waals surface area contributed by atoms with Crippen LogP contribution >= 0.6 is 11.6 Å². The van der Waals surface area contributed by atoms with Crippen LogP contribution in [0.15, 0.2) is 48.5 Å². The van der Waals surface area contributed by atoms with Gasteiger partial charge in [-0.15, -0.1) is 0 Å². The van der Waals surface area contributed by atoms with Crippen LogP contribution in [0, 0.1) is 19.7 Å². The van der Waals surface area contributed by atoms with Crippen molar-refractivity contribution in [2.45, 2.75) is 33.4 Å². The molecule has 1 aromatic heterocycles. The van der Waals surface area contributed by atoms with E-state index in [2.05, 4.69) is 0 Å². The van der Waals surface area contributed by atoms with Crippen molar-refractivity contribution in [2.24, 2.45) is 7.05 Å². The summed E-state index contributed by atoms with van der Waals surface area (Å²) in [5.74, 6) is -1.72. The summed E-state index contributed by atoms with van der Waals surface area (Å²) in [7, 11) is 2.96. The Morgan fingerprint density at radius 3 is 2.29 bits per heavy atom. The standard InChI is InChI=1S/C26H26ClFN2O4/c1-15-22(16(2)29(4)23(15)26(33)34-5)24(31)17(3)30(14-18-10-12-19(28)13-11-18)25(32)20-8-6-7-9-21(20)27/h6-13,17H,14H2,1-5H3. The summed E-state index contributed by atoms with van der Waals surface area (Å²) >= 11 is 6.28. The number of Topliss-reactive ketones (excluding diaryl/α,β-unsaturated/α-hetero) is 1. The molecule has 0 N–H and O–H groups in total. The number of esters is 1. The summed E-state index contributed by atoms with van der Waals surface area (Å²) in [6.45, 7) is 5.11. The van der Waals surface area contributed by atoms with Crippen LogP contribution < -0.4 is 0 Å². The number of rotatable bonds is 7. The molecule has 8 heteroatoms. The Morgan fingerprint density at radius 1 is 1.09 bits per heavy atom. The van der Waals surface area contributed by atoms with Crippen molar-refractivity contribution in [1.82, 2.24) is 9.47 Å². The normalized spacial score (nSPS) is 11.7. The van der Waals surface area contributed by atoms with Crippen molar-refractivity contribution >= 4 is 29.3 Å². The molecular weight excluding hydrogens is 459 g/mol. The van der Waals surface area contributed by atoms with Crippen molar-refractivity contribution in [3.05, 3.63) is 93.0 Å². The Bertz CT molecular complexity index is 1250. The number of amides is 1. The molecular formula is C26H26ClFN2O4. The Hall–Kier alpha value is -3.45. The first kappa shape index (κ1) is 25.2. The zero-order chi connectivity index (χ0) is 25.2. The molecule has 178 valence electrons. The van der Waals surface area contributed by atoms with E-state index in [9.17, 15) is 18.8 Å². The fourth-order valence-electron chi connectivity index (χ4n) is 4.04. The molecule has 0 fully saturated rings. The van der Waals surface area contributed by atoms with Crippen molar-refractivity contribution in [1.29, 1.82) is 0 Å². The molecule has 2 aromatic carbocycles. The number of ether oxygens (including phenoxy) is 1. The minimum Gasteiger partial charge on any atom is -0.464 e. The lowest BCUT2D eigenvalue weighted by Crippen LogP contribution is -2.43. The van der Waals surface area contributed by atoms with Gasteiger partial charge < -0.3 is 14.2 Å². The van der Waals surface area contributed by atoms with E-state index in [4.69, 9.17) is 16.3 Å². The van der Waals surface area contributed by atoms with Gasteiger partial charge in [0, 0.05) is 24.8 Å². The van der Waals surface area contributed by atoms with Gasteiger partial charge in [0.1, 0.15) is 11.5 Å². The van der Waals surface area contributed by atoms with Crippen LogP contribution in [0.4, 0.5) is 4.39 Å². The average molecular weight is 485 g/mol. The molecule has 0 saturated carbocycles. The second kappa shape index (κ2) is 10.2. The van der Waals surface area contributed by atoms with E-state index in [-0.39, 0.29) is 28.6 Å². The number of nitrogens with zero attached hydrogens (tertiary/aromatic N) is 2. The lowest BCUT2D eigenvalue weighted by atomic mass is 9.98. The fourth-order valence-corrected chi connectivity index (χ4v) is 4.25. The van der Waals surface area contributed by atoms with E-state index in [0.717, 1.165) is 0 Å². The number of halogens is 2. The van der Waals surface area contributed by atoms with Gasteiger partial charge >= 0.3 is 5.97 Å². The van der Waals surface area contributed by atoms with Crippen molar-refractivity contribution in [2.75, 3.05) is 7.11 Å². The molecule has 0 bridgehead atoms. The monoisotopic (exact) mass is 484 g/mol. The van der Waals surface area contributed by atoms with Crippen LogP contribution in [0.3, 0.4) is 0 Å². The predicted molar refractivity (Wildman–Crippen MR) is 128 cm³/mol. The second-order valence-corrected chi connectivity index (χ2v) is 8.47. The van der Waals surface area contributed by atoms with Gasteiger partial charge in [0.15, 0.2) is 5.78 Å². The number of methoxy groups -OCH3 is 1. The van der Waals surface area contributed by atoms with Crippen LogP contribution in [0.2, 0.25) is 5.02 Å². The Kier molecular flexibility index (Phi) is 7.57. The largest absolute Gasteiger partial charge is 0.464 e. The SMILES string of the molecule is COC(=O)c1c(C)c(C(=O)C(C)N(Cc2ccc(F)cc2)C(=O)c2ccccc2Cl)c(C)n1C. The van der Waals surface area contributed by atoms with Gasteiger partial charge in [-0.1, -0.05) is 35.9 Å². The molecule has 0 aliphatic rings. The molecule has 0 radical (unpaired) electrons. The maximum atomic E-state index is 13.7. The van der Waals surface area contributed by atoms with Gasteiger partial charge in [0.05, 0.1) is 23.7 Å². The quantitative estimate of drug-likeness (QED) is 0.344. The number of benzene rings is 2. The predicted octanol–water partition coefficient (Wildman–Crippen LogP) is 5.13. The third-order valence-electron chi connectivity index (χ3n) is 6.03. The Labute approximate surface area is 202 Å². The molecule has 3 rings (SSSR count). The Morgan fingerprint density at radius 2 is 1.71 bits per heavy atom. The fraction of sp³-hybridized carbons (Fsp3) is 0.269. The van der Waals surface area contributed by atoms with E-state index in [0.29, 0.717) is 22.4 Å². The van der Waals surface area contributed by atoms with Crippen LogP contribution in [-0.4, -0.2) is 40.3 Å². The van der Waals surface area contributed by atoms with Gasteiger partial charge in [-0.25, -0.2) is 9.18 Å². The number of aromatic nitrogens is 1. The molecule has 0 saturated heterocycles. The highest BCUT2D eigenvalue weighted by Gasteiger charge is 2.33. The zero-order valence-corrected chi connectivity index (χ0v) is 20.4.